The number of benzene rings is 1. The second-order valence-corrected chi connectivity index (χ2v) is 3.60. The standard InChI is InChI=1S/C11H13NOS/c1-9(8-14)7-13-11-4-2-3-10(5-11)6-12/h2-5,9,14H,7-8H2,1H3. The largest absolute Gasteiger partial charge is 0.493 e. The van der Waals surface area contributed by atoms with E-state index in [9.17, 15) is 0 Å². The van der Waals surface area contributed by atoms with Crippen molar-refractivity contribution in [2.75, 3.05) is 12.4 Å². The molecule has 0 aliphatic carbocycles. The molecule has 0 aromatic heterocycles. The van der Waals surface area contributed by atoms with Crippen LogP contribution in [0.3, 0.4) is 0 Å². The molecule has 0 bridgehead atoms. The van der Waals surface area contributed by atoms with Crippen LogP contribution in [-0.4, -0.2) is 12.4 Å². The van der Waals surface area contributed by atoms with Gasteiger partial charge in [0.25, 0.3) is 0 Å². The van der Waals surface area contributed by atoms with Crippen molar-refractivity contribution < 1.29 is 4.74 Å². The van der Waals surface area contributed by atoms with Crippen LogP contribution in [0.2, 0.25) is 0 Å². The molecule has 0 aliphatic rings. The van der Waals surface area contributed by atoms with Gasteiger partial charge in [-0.1, -0.05) is 13.0 Å². The third-order valence-corrected chi connectivity index (χ3v) is 2.43. The molecule has 14 heavy (non-hydrogen) atoms. The minimum atomic E-state index is 0.420. The monoisotopic (exact) mass is 207 g/mol. The molecule has 2 nitrogen and oxygen atoms in total. The van der Waals surface area contributed by atoms with Crippen molar-refractivity contribution in [3.63, 3.8) is 0 Å². The third-order valence-electron chi connectivity index (χ3n) is 1.81. The van der Waals surface area contributed by atoms with Crippen LogP contribution in [0.25, 0.3) is 0 Å². The van der Waals surface area contributed by atoms with Gasteiger partial charge in [0.1, 0.15) is 5.75 Å². The fourth-order valence-electron chi connectivity index (χ4n) is 0.947. The van der Waals surface area contributed by atoms with Crippen LogP contribution in [0.15, 0.2) is 24.3 Å². The maximum Gasteiger partial charge on any atom is 0.120 e. The molecule has 0 amide bonds. The van der Waals surface area contributed by atoms with Gasteiger partial charge in [0.05, 0.1) is 18.2 Å². The number of ether oxygens (including phenoxy) is 1. The molecule has 0 saturated carbocycles. The molecule has 1 atom stereocenters. The maximum atomic E-state index is 8.67. The number of thiol groups is 1. The lowest BCUT2D eigenvalue weighted by Crippen LogP contribution is -2.09. The van der Waals surface area contributed by atoms with Gasteiger partial charge in [0.2, 0.25) is 0 Å². The minimum absolute atomic E-state index is 0.420. The van der Waals surface area contributed by atoms with Crippen LogP contribution >= 0.6 is 12.6 Å². The van der Waals surface area contributed by atoms with Crippen LogP contribution in [0.5, 0.6) is 5.75 Å². The molecular formula is C11H13NOS. The van der Waals surface area contributed by atoms with Crippen molar-refractivity contribution in [1.29, 1.82) is 5.26 Å². The van der Waals surface area contributed by atoms with Gasteiger partial charge in [0.15, 0.2) is 0 Å². The zero-order valence-corrected chi connectivity index (χ0v) is 9.00. The van der Waals surface area contributed by atoms with Crippen LogP contribution in [0, 0.1) is 17.2 Å². The second kappa shape index (κ2) is 5.56. The van der Waals surface area contributed by atoms with Gasteiger partial charge in [-0.05, 0) is 29.9 Å². The van der Waals surface area contributed by atoms with E-state index in [0.29, 0.717) is 18.1 Å². The number of nitrogens with zero attached hydrogens (tertiary/aromatic N) is 1. The molecule has 74 valence electrons. The van der Waals surface area contributed by atoms with E-state index in [-0.39, 0.29) is 0 Å². The summed E-state index contributed by atoms with van der Waals surface area (Å²) in [5.41, 5.74) is 0.626. The van der Waals surface area contributed by atoms with Crippen LogP contribution in [0.1, 0.15) is 12.5 Å². The first-order valence-corrected chi connectivity index (χ1v) is 5.13. The number of hydrogen-bond donors (Lipinski definition) is 1. The summed E-state index contributed by atoms with van der Waals surface area (Å²) in [4.78, 5) is 0. The Morgan fingerprint density at radius 2 is 2.36 bits per heavy atom. The molecule has 1 unspecified atom stereocenters. The fourth-order valence-corrected chi connectivity index (χ4v) is 1.05. The topological polar surface area (TPSA) is 33.0 Å². The Labute approximate surface area is 89.9 Å². The van der Waals surface area contributed by atoms with Crippen LogP contribution in [0.4, 0.5) is 0 Å². The van der Waals surface area contributed by atoms with Gasteiger partial charge in [-0.3, -0.25) is 0 Å². The Balaban J connectivity index is 2.55. The van der Waals surface area contributed by atoms with E-state index < -0.39 is 0 Å². The average molecular weight is 207 g/mol. The molecule has 1 aromatic rings. The molecule has 0 aliphatic heterocycles. The summed E-state index contributed by atoms with van der Waals surface area (Å²) in [6.45, 7) is 2.71. The van der Waals surface area contributed by atoms with Gasteiger partial charge < -0.3 is 4.74 Å². The lowest BCUT2D eigenvalue weighted by molar-refractivity contribution is 0.273. The lowest BCUT2D eigenvalue weighted by Gasteiger charge is -2.10. The average Bonchev–Trinajstić information content (AvgIpc) is 2.26. The van der Waals surface area contributed by atoms with Crippen molar-refractivity contribution in [1.82, 2.24) is 0 Å². The zero-order chi connectivity index (χ0) is 10.4. The second-order valence-electron chi connectivity index (χ2n) is 3.24. The zero-order valence-electron chi connectivity index (χ0n) is 8.10. The highest BCUT2D eigenvalue weighted by molar-refractivity contribution is 7.80. The summed E-state index contributed by atoms with van der Waals surface area (Å²) < 4.78 is 5.50. The SMILES string of the molecule is CC(CS)COc1cccc(C#N)c1. The van der Waals surface area contributed by atoms with Crippen molar-refractivity contribution in [2.24, 2.45) is 5.92 Å². The van der Waals surface area contributed by atoms with Gasteiger partial charge in [-0.15, -0.1) is 0 Å². The van der Waals surface area contributed by atoms with Crippen LogP contribution in [-0.2, 0) is 0 Å². The molecule has 3 heteroatoms. The smallest absolute Gasteiger partial charge is 0.120 e. The molecule has 0 heterocycles. The van der Waals surface area contributed by atoms with E-state index in [1.165, 1.54) is 0 Å². The minimum Gasteiger partial charge on any atom is -0.493 e. The molecule has 0 radical (unpaired) electrons. The van der Waals surface area contributed by atoms with Gasteiger partial charge in [0, 0.05) is 0 Å². The van der Waals surface area contributed by atoms with Crippen LogP contribution < -0.4 is 4.74 Å². The van der Waals surface area contributed by atoms with Gasteiger partial charge in [-0.2, -0.15) is 17.9 Å². The Hall–Kier alpha value is -1.14. The van der Waals surface area contributed by atoms with E-state index in [2.05, 4.69) is 25.6 Å². The predicted molar refractivity (Wildman–Crippen MR) is 59.7 cm³/mol. The Morgan fingerprint density at radius 1 is 1.57 bits per heavy atom. The molecule has 1 rings (SSSR count). The number of rotatable bonds is 4. The van der Waals surface area contributed by atoms with E-state index in [1.54, 1.807) is 12.1 Å². The molecule has 0 spiro atoms. The van der Waals surface area contributed by atoms with E-state index in [4.69, 9.17) is 10.00 Å². The Morgan fingerprint density at radius 3 is 3.00 bits per heavy atom. The summed E-state index contributed by atoms with van der Waals surface area (Å²) in [6, 6.07) is 9.25. The van der Waals surface area contributed by atoms with E-state index in [1.807, 2.05) is 12.1 Å². The first-order chi connectivity index (χ1) is 6.76. The highest BCUT2D eigenvalue weighted by Gasteiger charge is 2.01. The molecule has 0 saturated heterocycles. The Kier molecular flexibility index (Phi) is 4.34. The van der Waals surface area contributed by atoms with Gasteiger partial charge in [-0.25, -0.2) is 0 Å². The highest BCUT2D eigenvalue weighted by Crippen LogP contribution is 2.13. The third kappa shape index (κ3) is 3.31. The highest BCUT2D eigenvalue weighted by atomic mass is 32.1. The van der Waals surface area contributed by atoms with E-state index in [0.717, 1.165) is 11.5 Å². The van der Waals surface area contributed by atoms with Crippen molar-refractivity contribution in [2.45, 2.75) is 6.92 Å². The maximum absolute atomic E-state index is 8.67. The molecule has 1 aromatic carbocycles. The summed E-state index contributed by atoms with van der Waals surface area (Å²) in [7, 11) is 0. The van der Waals surface area contributed by atoms with Crippen molar-refractivity contribution in [3.8, 4) is 11.8 Å². The summed E-state index contributed by atoms with van der Waals surface area (Å²) in [6.07, 6.45) is 0. The number of hydrogen-bond acceptors (Lipinski definition) is 3. The lowest BCUT2D eigenvalue weighted by atomic mass is 10.2. The first-order valence-electron chi connectivity index (χ1n) is 4.50. The van der Waals surface area contributed by atoms with Crippen molar-refractivity contribution in [3.05, 3.63) is 29.8 Å². The Bertz CT molecular complexity index is 332. The van der Waals surface area contributed by atoms with Gasteiger partial charge >= 0.3 is 0 Å². The predicted octanol–water partition coefficient (Wildman–Crippen LogP) is 2.50. The fraction of sp³-hybridized carbons (Fsp3) is 0.364. The molecule has 0 fully saturated rings. The molecular weight excluding hydrogens is 194 g/mol. The van der Waals surface area contributed by atoms with Crippen molar-refractivity contribution >= 4 is 12.6 Å². The summed E-state index contributed by atoms with van der Waals surface area (Å²) in [5.74, 6) is 1.97. The molecule has 0 N–H and O–H groups in total. The quantitative estimate of drug-likeness (QED) is 0.769. The summed E-state index contributed by atoms with van der Waals surface area (Å²) >= 11 is 4.17. The van der Waals surface area contributed by atoms with E-state index >= 15 is 0 Å². The summed E-state index contributed by atoms with van der Waals surface area (Å²) in [5, 5.41) is 8.67. The normalized spacial score (nSPS) is 11.8. The number of nitriles is 1. The first kappa shape index (κ1) is 10.9.